The maximum atomic E-state index is 13.4. The third kappa shape index (κ3) is 7.27. The molecule has 1 aliphatic carbocycles. The van der Waals surface area contributed by atoms with Crippen molar-refractivity contribution < 1.29 is 35.9 Å². The molecule has 1 fully saturated rings. The summed E-state index contributed by atoms with van der Waals surface area (Å²) in [6.07, 6.45) is -8.09. The van der Waals surface area contributed by atoms with Gasteiger partial charge in [-0.3, -0.25) is 9.59 Å². The lowest BCUT2D eigenvalue weighted by molar-refractivity contribution is -0.143. The molecule has 5 nitrogen and oxygen atoms in total. The number of hydrogen-bond donors (Lipinski definition) is 2. The Bertz CT molecular complexity index is 1090. The zero-order chi connectivity index (χ0) is 28.3. The highest BCUT2D eigenvalue weighted by atomic mass is 19.4. The molecule has 0 spiro atoms. The summed E-state index contributed by atoms with van der Waals surface area (Å²) < 4.78 is 80.1. The first-order valence-corrected chi connectivity index (χ1v) is 12.2. The SMILES string of the molecule is CC(C(=O)NC1(c2ccccc2)CCC(NC(=O)CN(C)C)CC1)c1cc(C(F)(F)F)cc(C(F)(F)F)c1. The van der Waals surface area contributed by atoms with Gasteiger partial charge < -0.3 is 15.5 Å². The van der Waals surface area contributed by atoms with E-state index in [1.165, 1.54) is 6.92 Å². The Hall–Kier alpha value is -3.08. The molecule has 2 N–H and O–H groups in total. The van der Waals surface area contributed by atoms with Gasteiger partial charge in [-0.15, -0.1) is 0 Å². The Kier molecular flexibility index (Phi) is 8.80. The van der Waals surface area contributed by atoms with Crippen molar-refractivity contribution in [2.24, 2.45) is 0 Å². The van der Waals surface area contributed by atoms with E-state index in [2.05, 4.69) is 10.6 Å². The van der Waals surface area contributed by atoms with Crippen LogP contribution in [-0.2, 0) is 27.5 Å². The summed E-state index contributed by atoms with van der Waals surface area (Å²) in [5.74, 6) is -2.09. The van der Waals surface area contributed by atoms with E-state index in [1.807, 2.05) is 12.1 Å². The standard InChI is InChI=1S/C27H31F6N3O2/c1-17(18-13-20(26(28,29)30)15-21(14-18)27(31,32)33)24(38)35-25(19-7-5-4-6-8-19)11-9-22(10-12-25)34-23(37)16-36(2)3/h4-8,13-15,17,22H,9-12,16H2,1-3H3,(H,34,37)(H,35,38). The maximum Gasteiger partial charge on any atom is 0.416 e. The fourth-order valence-corrected chi connectivity index (χ4v) is 4.78. The van der Waals surface area contributed by atoms with Gasteiger partial charge in [0.15, 0.2) is 0 Å². The Balaban J connectivity index is 1.86. The van der Waals surface area contributed by atoms with Crippen LogP contribution in [0.1, 0.15) is 60.8 Å². The summed E-state index contributed by atoms with van der Waals surface area (Å²) in [7, 11) is 3.55. The van der Waals surface area contributed by atoms with Crippen LogP contribution in [0.25, 0.3) is 0 Å². The van der Waals surface area contributed by atoms with Crippen LogP contribution < -0.4 is 10.6 Å². The topological polar surface area (TPSA) is 61.4 Å². The Morgan fingerprint density at radius 3 is 1.95 bits per heavy atom. The molecular weight excluding hydrogens is 512 g/mol. The second-order valence-electron chi connectivity index (χ2n) is 10.1. The second-order valence-corrected chi connectivity index (χ2v) is 10.1. The van der Waals surface area contributed by atoms with Gasteiger partial charge in [-0.25, -0.2) is 0 Å². The monoisotopic (exact) mass is 543 g/mol. The van der Waals surface area contributed by atoms with Gasteiger partial charge >= 0.3 is 12.4 Å². The summed E-state index contributed by atoms with van der Waals surface area (Å²) in [4.78, 5) is 27.3. The van der Waals surface area contributed by atoms with Gasteiger partial charge in [0.2, 0.25) is 11.8 Å². The molecule has 1 atom stereocenters. The lowest BCUT2D eigenvalue weighted by Gasteiger charge is -2.42. The van der Waals surface area contributed by atoms with Crippen LogP contribution in [0.5, 0.6) is 0 Å². The summed E-state index contributed by atoms with van der Waals surface area (Å²) in [6.45, 7) is 1.52. The number of benzene rings is 2. The first kappa shape index (κ1) is 29.5. The van der Waals surface area contributed by atoms with Crippen LogP contribution >= 0.6 is 0 Å². The number of carbonyl (C=O) groups is 2. The van der Waals surface area contributed by atoms with E-state index in [4.69, 9.17) is 0 Å². The number of likely N-dealkylation sites (N-methyl/N-ethyl adjacent to an activating group) is 1. The number of nitrogens with one attached hydrogen (secondary N) is 2. The molecule has 3 rings (SSSR count). The predicted molar refractivity (Wildman–Crippen MR) is 130 cm³/mol. The van der Waals surface area contributed by atoms with Crippen LogP contribution in [0, 0.1) is 0 Å². The Morgan fingerprint density at radius 2 is 1.47 bits per heavy atom. The average molecular weight is 544 g/mol. The first-order chi connectivity index (χ1) is 17.6. The van der Waals surface area contributed by atoms with Gasteiger partial charge in [0.25, 0.3) is 0 Å². The van der Waals surface area contributed by atoms with Gasteiger partial charge in [0, 0.05) is 6.04 Å². The van der Waals surface area contributed by atoms with Crippen LogP contribution in [0.3, 0.4) is 0 Å². The van der Waals surface area contributed by atoms with Gasteiger partial charge in [-0.2, -0.15) is 26.3 Å². The fraction of sp³-hybridized carbons (Fsp3) is 0.481. The van der Waals surface area contributed by atoms with E-state index in [-0.39, 0.29) is 30.1 Å². The molecule has 2 amide bonds. The Labute approximate surface area is 217 Å². The Morgan fingerprint density at radius 1 is 0.947 bits per heavy atom. The smallest absolute Gasteiger partial charge is 0.352 e. The molecule has 1 aliphatic rings. The number of carbonyl (C=O) groups excluding carboxylic acids is 2. The second kappa shape index (κ2) is 11.3. The number of rotatable bonds is 7. The first-order valence-electron chi connectivity index (χ1n) is 12.2. The molecule has 2 aromatic carbocycles. The van der Waals surface area contributed by atoms with Crippen molar-refractivity contribution in [3.63, 3.8) is 0 Å². The summed E-state index contributed by atoms with van der Waals surface area (Å²) in [6, 6.07) is 10.1. The van der Waals surface area contributed by atoms with Gasteiger partial charge in [0.05, 0.1) is 29.1 Å². The van der Waals surface area contributed by atoms with Crippen LogP contribution in [0.2, 0.25) is 0 Å². The van der Waals surface area contributed by atoms with Crippen molar-refractivity contribution in [2.75, 3.05) is 20.6 Å². The third-order valence-electron chi connectivity index (χ3n) is 6.86. The molecule has 208 valence electrons. The summed E-state index contributed by atoms with van der Waals surface area (Å²) >= 11 is 0. The number of amides is 2. The fourth-order valence-electron chi connectivity index (χ4n) is 4.78. The number of halogens is 6. The average Bonchev–Trinajstić information content (AvgIpc) is 2.83. The molecule has 0 radical (unpaired) electrons. The van der Waals surface area contributed by atoms with E-state index in [1.54, 1.807) is 37.2 Å². The summed E-state index contributed by atoms with van der Waals surface area (Å²) in [5.41, 5.74) is -3.41. The van der Waals surface area contributed by atoms with Gasteiger partial charge in [0.1, 0.15) is 0 Å². The zero-order valence-electron chi connectivity index (χ0n) is 21.3. The molecule has 0 aromatic heterocycles. The highest BCUT2D eigenvalue weighted by molar-refractivity contribution is 5.84. The zero-order valence-corrected chi connectivity index (χ0v) is 21.3. The molecule has 2 aromatic rings. The molecule has 0 heterocycles. The molecule has 11 heteroatoms. The minimum absolute atomic E-state index is 0.0471. The molecule has 1 saturated carbocycles. The quantitative estimate of drug-likeness (QED) is 0.456. The van der Waals surface area contributed by atoms with Crippen molar-refractivity contribution in [3.05, 3.63) is 70.8 Å². The van der Waals surface area contributed by atoms with E-state index in [0.29, 0.717) is 37.8 Å². The van der Waals surface area contributed by atoms with E-state index in [0.717, 1.165) is 5.56 Å². The molecule has 38 heavy (non-hydrogen) atoms. The van der Waals surface area contributed by atoms with Crippen LogP contribution in [-0.4, -0.2) is 43.4 Å². The maximum absolute atomic E-state index is 13.4. The van der Waals surface area contributed by atoms with Crippen LogP contribution in [0.4, 0.5) is 26.3 Å². The predicted octanol–water partition coefficient (Wildman–Crippen LogP) is 5.46. The van der Waals surface area contributed by atoms with E-state index in [9.17, 15) is 35.9 Å². The molecule has 1 unspecified atom stereocenters. The number of alkyl halides is 6. The molecule has 0 saturated heterocycles. The molecular formula is C27H31F6N3O2. The minimum Gasteiger partial charge on any atom is -0.352 e. The largest absolute Gasteiger partial charge is 0.416 e. The molecule has 0 bridgehead atoms. The minimum atomic E-state index is -5.01. The van der Waals surface area contributed by atoms with Crippen molar-refractivity contribution >= 4 is 11.8 Å². The molecule has 0 aliphatic heterocycles. The third-order valence-corrected chi connectivity index (χ3v) is 6.86. The van der Waals surface area contributed by atoms with Crippen molar-refractivity contribution in [1.82, 2.24) is 15.5 Å². The normalized spacial score (nSPS) is 21.2. The van der Waals surface area contributed by atoms with E-state index >= 15 is 0 Å². The number of nitrogens with zero attached hydrogens (tertiary/aromatic N) is 1. The highest BCUT2D eigenvalue weighted by Crippen LogP contribution is 2.40. The van der Waals surface area contributed by atoms with Gasteiger partial charge in [-0.1, -0.05) is 30.3 Å². The van der Waals surface area contributed by atoms with Gasteiger partial charge in [-0.05, 0) is 76.0 Å². The van der Waals surface area contributed by atoms with Crippen molar-refractivity contribution in [1.29, 1.82) is 0 Å². The van der Waals surface area contributed by atoms with Crippen molar-refractivity contribution in [3.8, 4) is 0 Å². The highest BCUT2D eigenvalue weighted by Gasteiger charge is 2.41. The number of hydrogen-bond acceptors (Lipinski definition) is 3. The lowest BCUT2D eigenvalue weighted by atomic mass is 9.74. The van der Waals surface area contributed by atoms with Crippen molar-refractivity contribution in [2.45, 2.75) is 62.5 Å². The van der Waals surface area contributed by atoms with E-state index < -0.39 is 40.8 Å². The summed E-state index contributed by atoms with van der Waals surface area (Å²) in [5, 5.41) is 5.92. The lowest BCUT2D eigenvalue weighted by Crippen LogP contribution is -2.52. The van der Waals surface area contributed by atoms with Crippen LogP contribution in [0.15, 0.2) is 48.5 Å².